The van der Waals surface area contributed by atoms with Crippen LogP contribution in [0, 0.1) is 13.8 Å². The Kier molecular flexibility index (Phi) is 8.59. The summed E-state index contributed by atoms with van der Waals surface area (Å²) in [6.07, 6.45) is 0. The second-order valence-electron chi connectivity index (χ2n) is 10.00. The van der Waals surface area contributed by atoms with Crippen LogP contribution in [0.4, 0.5) is 5.69 Å². The van der Waals surface area contributed by atoms with Crippen molar-refractivity contribution in [3.63, 3.8) is 0 Å². The topological polar surface area (TPSA) is 80.5 Å². The number of nitrogens with one attached hydrogen (secondary N) is 1. The van der Waals surface area contributed by atoms with Crippen molar-refractivity contribution in [3.8, 4) is 28.3 Å². The average Bonchev–Trinajstić information content (AvgIpc) is 3.32. The molecule has 3 aromatic carbocycles. The van der Waals surface area contributed by atoms with Gasteiger partial charge in [0.2, 0.25) is 11.7 Å². The molecule has 7 nitrogen and oxygen atoms in total. The van der Waals surface area contributed by atoms with E-state index in [0.717, 1.165) is 34.5 Å². The van der Waals surface area contributed by atoms with Gasteiger partial charge in [-0.15, -0.1) is 0 Å². The maximum atomic E-state index is 12.9. The number of anilines is 1. The number of nitrogens with zero attached hydrogens (tertiary/aromatic N) is 3. The summed E-state index contributed by atoms with van der Waals surface area (Å²) in [5.41, 5.74) is 5.39. The van der Waals surface area contributed by atoms with Gasteiger partial charge >= 0.3 is 0 Å². The number of amides is 1. The van der Waals surface area contributed by atoms with Crippen LogP contribution in [0.25, 0.3) is 22.5 Å². The van der Waals surface area contributed by atoms with Gasteiger partial charge in [0.1, 0.15) is 12.4 Å². The van der Waals surface area contributed by atoms with Gasteiger partial charge in [-0.2, -0.15) is 4.98 Å². The number of carbonyl (C=O) groups excluding carboxylic acids is 1. The molecule has 0 atom stereocenters. The normalized spacial score (nSPS) is 11.4. The third-order valence-corrected chi connectivity index (χ3v) is 6.51. The van der Waals surface area contributed by atoms with Gasteiger partial charge in [0.15, 0.2) is 0 Å². The Morgan fingerprint density at radius 2 is 1.66 bits per heavy atom. The lowest BCUT2D eigenvalue weighted by atomic mass is 9.97. The number of aryl methyl sites for hydroxylation is 2. The summed E-state index contributed by atoms with van der Waals surface area (Å²) in [6.45, 7) is 14.0. The van der Waals surface area contributed by atoms with Crippen LogP contribution in [0.5, 0.6) is 5.75 Å². The van der Waals surface area contributed by atoms with Crippen LogP contribution in [0.3, 0.4) is 0 Å². The molecule has 4 rings (SSSR count). The summed E-state index contributed by atoms with van der Waals surface area (Å²) in [4.78, 5) is 19.6. The van der Waals surface area contributed by atoms with Crippen molar-refractivity contribution in [1.29, 1.82) is 0 Å². The number of hydrogen-bond donors (Lipinski definition) is 1. The molecule has 1 amide bonds. The number of ether oxygens (including phenoxy) is 1. The molecule has 0 unspecified atom stereocenters. The van der Waals surface area contributed by atoms with Gasteiger partial charge in [0, 0.05) is 48.4 Å². The lowest BCUT2D eigenvalue weighted by Crippen LogP contribution is -2.39. The van der Waals surface area contributed by atoms with Crippen molar-refractivity contribution < 1.29 is 14.1 Å². The highest BCUT2D eigenvalue weighted by Gasteiger charge is 2.14. The molecule has 0 fully saturated rings. The first-order valence-electron chi connectivity index (χ1n) is 13.0. The molecule has 0 spiro atoms. The van der Waals surface area contributed by atoms with Crippen molar-refractivity contribution >= 4 is 11.6 Å². The zero-order chi connectivity index (χ0) is 27.2. The lowest BCUT2D eigenvalue weighted by molar-refractivity contribution is 0.102. The molecule has 0 bridgehead atoms. The van der Waals surface area contributed by atoms with E-state index >= 15 is 0 Å². The minimum absolute atomic E-state index is 0.168. The van der Waals surface area contributed by atoms with E-state index in [-0.39, 0.29) is 5.91 Å². The highest BCUT2D eigenvalue weighted by Crippen LogP contribution is 2.28. The Balaban J connectivity index is 1.38. The molecule has 0 saturated heterocycles. The van der Waals surface area contributed by atoms with Crippen LogP contribution < -0.4 is 10.1 Å². The number of benzene rings is 3. The van der Waals surface area contributed by atoms with E-state index in [4.69, 9.17) is 9.26 Å². The van der Waals surface area contributed by atoms with E-state index in [1.54, 1.807) is 6.92 Å². The number of carbonyl (C=O) groups is 1. The molecule has 198 valence electrons. The molecule has 0 aliphatic carbocycles. The second-order valence-corrected chi connectivity index (χ2v) is 10.00. The van der Waals surface area contributed by atoms with Crippen LogP contribution in [0.15, 0.2) is 71.3 Å². The van der Waals surface area contributed by atoms with Crippen molar-refractivity contribution in [2.45, 2.75) is 53.6 Å². The monoisotopic (exact) mass is 512 g/mol. The SMILES string of the molecule is Cc1nc(-c2ccc(-c3ccc(C(=O)Nc4cccc(OCCN(C(C)C)C(C)C)c4)cc3)c(C)c2)no1. The number of aromatic nitrogens is 2. The van der Waals surface area contributed by atoms with Crippen molar-refractivity contribution in [2.24, 2.45) is 0 Å². The van der Waals surface area contributed by atoms with Crippen LogP contribution in [-0.2, 0) is 0 Å². The van der Waals surface area contributed by atoms with Crippen molar-refractivity contribution in [1.82, 2.24) is 15.0 Å². The molecule has 0 aliphatic rings. The summed E-state index contributed by atoms with van der Waals surface area (Å²) in [6, 6.07) is 22.1. The first kappa shape index (κ1) is 27.1. The zero-order valence-corrected chi connectivity index (χ0v) is 23.0. The second kappa shape index (κ2) is 12.0. The van der Waals surface area contributed by atoms with E-state index < -0.39 is 0 Å². The van der Waals surface area contributed by atoms with Crippen LogP contribution in [0.2, 0.25) is 0 Å². The molecule has 4 aromatic rings. The molecule has 38 heavy (non-hydrogen) atoms. The minimum Gasteiger partial charge on any atom is -0.492 e. The lowest BCUT2D eigenvalue weighted by Gasteiger charge is -2.30. The molecule has 0 saturated carbocycles. The summed E-state index contributed by atoms with van der Waals surface area (Å²) in [7, 11) is 0. The van der Waals surface area contributed by atoms with Crippen LogP contribution in [-0.4, -0.2) is 46.2 Å². The zero-order valence-electron chi connectivity index (χ0n) is 23.0. The quantitative estimate of drug-likeness (QED) is 0.253. The van der Waals surface area contributed by atoms with Gasteiger partial charge in [0.05, 0.1) is 0 Å². The molecular formula is C31H36N4O3. The fraction of sp³-hybridized carbons (Fsp3) is 0.323. The van der Waals surface area contributed by atoms with Gasteiger partial charge in [-0.1, -0.05) is 35.5 Å². The fourth-order valence-corrected chi connectivity index (χ4v) is 4.59. The summed E-state index contributed by atoms with van der Waals surface area (Å²) >= 11 is 0. The van der Waals surface area contributed by atoms with Gasteiger partial charge < -0.3 is 14.6 Å². The number of hydrogen-bond acceptors (Lipinski definition) is 6. The Labute approximate surface area is 224 Å². The van der Waals surface area contributed by atoms with E-state index in [1.165, 1.54) is 0 Å². The highest BCUT2D eigenvalue weighted by molar-refractivity contribution is 6.04. The van der Waals surface area contributed by atoms with Crippen molar-refractivity contribution in [2.75, 3.05) is 18.5 Å². The molecule has 0 aliphatic heterocycles. The summed E-state index contributed by atoms with van der Waals surface area (Å²) < 4.78 is 11.1. The van der Waals surface area contributed by atoms with Gasteiger partial charge in [-0.25, -0.2) is 0 Å². The molecule has 1 heterocycles. The smallest absolute Gasteiger partial charge is 0.255 e. The summed E-state index contributed by atoms with van der Waals surface area (Å²) in [5.74, 6) is 1.68. The third-order valence-electron chi connectivity index (χ3n) is 6.51. The van der Waals surface area contributed by atoms with Crippen LogP contribution >= 0.6 is 0 Å². The minimum atomic E-state index is -0.168. The van der Waals surface area contributed by atoms with E-state index in [1.807, 2.05) is 73.7 Å². The molecule has 0 radical (unpaired) electrons. The Hall–Kier alpha value is -3.97. The first-order chi connectivity index (χ1) is 18.2. The predicted octanol–water partition coefficient (Wildman–Crippen LogP) is 6.77. The molecule has 1 N–H and O–H groups in total. The predicted molar refractivity (Wildman–Crippen MR) is 152 cm³/mol. The highest BCUT2D eigenvalue weighted by atomic mass is 16.5. The number of rotatable bonds is 10. The van der Waals surface area contributed by atoms with Gasteiger partial charge in [-0.05, 0) is 81.6 Å². The first-order valence-corrected chi connectivity index (χ1v) is 13.0. The third kappa shape index (κ3) is 6.66. The van der Waals surface area contributed by atoms with Crippen molar-refractivity contribution in [3.05, 3.63) is 83.7 Å². The van der Waals surface area contributed by atoms with Crippen LogP contribution in [0.1, 0.15) is 49.5 Å². The summed E-state index contributed by atoms with van der Waals surface area (Å²) in [5, 5.41) is 6.97. The van der Waals surface area contributed by atoms with Gasteiger partial charge in [0.25, 0.3) is 5.91 Å². The molecule has 1 aromatic heterocycles. The Morgan fingerprint density at radius 1 is 0.947 bits per heavy atom. The van der Waals surface area contributed by atoms with E-state index in [0.29, 0.717) is 41.7 Å². The van der Waals surface area contributed by atoms with E-state index in [2.05, 4.69) is 48.1 Å². The Morgan fingerprint density at radius 3 is 2.29 bits per heavy atom. The maximum Gasteiger partial charge on any atom is 0.255 e. The maximum absolute atomic E-state index is 12.9. The van der Waals surface area contributed by atoms with E-state index in [9.17, 15) is 4.79 Å². The fourth-order valence-electron chi connectivity index (χ4n) is 4.59. The largest absolute Gasteiger partial charge is 0.492 e. The Bertz CT molecular complexity index is 1370. The molecule has 7 heteroatoms. The van der Waals surface area contributed by atoms with Gasteiger partial charge in [-0.3, -0.25) is 9.69 Å². The standard InChI is InChI=1S/C31H36N4O3/c1-20(2)35(21(3)4)16-17-37-28-9-7-8-27(19-28)33-31(36)25-12-10-24(11-13-25)29-15-14-26(18-22(29)5)30-32-23(6)38-34-30/h7-15,18-21H,16-17H2,1-6H3,(H,33,36). The molecular weight excluding hydrogens is 476 g/mol. The average molecular weight is 513 g/mol.